The van der Waals surface area contributed by atoms with Crippen LogP contribution in [-0.2, 0) is 11.3 Å². The fourth-order valence-electron chi connectivity index (χ4n) is 3.89. The summed E-state index contributed by atoms with van der Waals surface area (Å²) in [6.45, 7) is 1.85. The van der Waals surface area contributed by atoms with Crippen LogP contribution >= 0.6 is 0 Å². The highest BCUT2D eigenvalue weighted by atomic mass is 16.2. The molecular weight excluding hydrogens is 328 g/mol. The molecule has 0 unspecified atom stereocenters. The van der Waals surface area contributed by atoms with Crippen molar-refractivity contribution in [3.63, 3.8) is 0 Å². The summed E-state index contributed by atoms with van der Waals surface area (Å²) in [7, 11) is 0. The Balaban J connectivity index is 1.55. The average Bonchev–Trinajstić information content (AvgIpc) is 3.24. The average molecular weight is 350 g/mol. The lowest BCUT2D eigenvalue weighted by atomic mass is 9.89. The van der Waals surface area contributed by atoms with Crippen LogP contribution in [0, 0.1) is 5.92 Å². The molecule has 1 aliphatic heterocycles. The molecule has 4 rings (SSSR count). The lowest BCUT2D eigenvalue weighted by Gasteiger charge is -2.17. The molecule has 134 valence electrons. The van der Waals surface area contributed by atoms with E-state index in [1.165, 1.54) is 10.1 Å². The third-order valence-corrected chi connectivity index (χ3v) is 5.30. The van der Waals surface area contributed by atoms with Crippen molar-refractivity contribution in [2.24, 2.45) is 11.7 Å². The van der Waals surface area contributed by atoms with Gasteiger partial charge in [0.1, 0.15) is 6.54 Å². The second-order valence-electron chi connectivity index (χ2n) is 6.85. The van der Waals surface area contributed by atoms with Crippen molar-refractivity contribution in [2.75, 3.05) is 19.6 Å². The van der Waals surface area contributed by atoms with Crippen LogP contribution in [0.1, 0.15) is 11.5 Å². The Hall–Kier alpha value is -2.86. The molecule has 6 nitrogen and oxygen atoms in total. The van der Waals surface area contributed by atoms with E-state index < -0.39 is 0 Å². The zero-order valence-electron chi connectivity index (χ0n) is 14.5. The Labute approximate surface area is 151 Å². The van der Waals surface area contributed by atoms with E-state index >= 15 is 0 Å². The number of aromatic nitrogens is 2. The standard InChI is InChI=1S/C20H22N4O2/c21-10-15-11-23(12-16(15)14-6-2-1-3-7-14)19(25)13-24-18-9-5-4-8-17(18)22-20(24)26/h1-9,15-16H,10-13,21H2,(H,22,26)/t15-,16+/m1/s1. The summed E-state index contributed by atoms with van der Waals surface area (Å²) in [5, 5.41) is 0. The summed E-state index contributed by atoms with van der Waals surface area (Å²) >= 11 is 0. The number of nitrogens with two attached hydrogens (primary N) is 1. The largest absolute Gasteiger partial charge is 0.340 e. The quantitative estimate of drug-likeness (QED) is 0.748. The number of amides is 1. The molecule has 0 radical (unpaired) electrons. The van der Waals surface area contributed by atoms with Gasteiger partial charge in [0.05, 0.1) is 11.0 Å². The van der Waals surface area contributed by atoms with Gasteiger partial charge in [0.15, 0.2) is 0 Å². The SMILES string of the molecule is NC[C@@H]1CN(C(=O)Cn2c(=O)[nH]c3ccccc32)C[C@H]1c1ccccc1. The first-order chi connectivity index (χ1) is 12.7. The third kappa shape index (κ3) is 2.93. The molecule has 6 heteroatoms. The minimum absolute atomic E-state index is 0.0433. The van der Waals surface area contributed by atoms with Gasteiger partial charge in [-0.15, -0.1) is 0 Å². The Morgan fingerprint density at radius 1 is 1.08 bits per heavy atom. The maximum absolute atomic E-state index is 12.9. The molecule has 3 aromatic rings. The number of aromatic amines is 1. The second-order valence-corrected chi connectivity index (χ2v) is 6.85. The highest BCUT2D eigenvalue weighted by Gasteiger charge is 2.35. The molecule has 0 aliphatic carbocycles. The number of rotatable bonds is 4. The molecule has 0 bridgehead atoms. The van der Waals surface area contributed by atoms with E-state index in [1.807, 2.05) is 47.4 Å². The van der Waals surface area contributed by atoms with Gasteiger partial charge in [0.25, 0.3) is 0 Å². The molecule has 2 atom stereocenters. The van der Waals surface area contributed by atoms with Gasteiger partial charge in [0.2, 0.25) is 5.91 Å². The first kappa shape index (κ1) is 16.6. The minimum Gasteiger partial charge on any atom is -0.340 e. The number of carbonyl (C=O) groups is 1. The summed E-state index contributed by atoms with van der Waals surface area (Å²) in [5.41, 5.74) is 8.41. The normalized spacial score (nSPS) is 20.0. The number of benzene rings is 2. The maximum atomic E-state index is 12.9. The zero-order valence-corrected chi connectivity index (χ0v) is 14.5. The van der Waals surface area contributed by atoms with Crippen LogP contribution in [0.4, 0.5) is 0 Å². The third-order valence-electron chi connectivity index (χ3n) is 5.30. The Morgan fingerprint density at radius 3 is 2.58 bits per heavy atom. The summed E-state index contributed by atoms with van der Waals surface area (Å²) in [4.78, 5) is 29.7. The van der Waals surface area contributed by atoms with Gasteiger partial charge in [-0.1, -0.05) is 42.5 Å². The van der Waals surface area contributed by atoms with Crippen LogP contribution in [0.15, 0.2) is 59.4 Å². The topological polar surface area (TPSA) is 84.1 Å². The Bertz CT molecular complexity index is 976. The molecule has 0 saturated carbocycles. The number of para-hydroxylation sites is 2. The van der Waals surface area contributed by atoms with Gasteiger partial charge in [-0.3, -0.25) is 9.36 Å². The number of likely N-dealkylation sites (tertiary alicyclic amines) is 1. The van der Waals surface area contributed by atoms with Crippen molar-refractivity contribution < 1.29 is 4.79 Å². The summed E-state index contributed by atoms with van der Waals surface area (Å²) in [5.74, 6) is 0.430. The molecule has 1 saturated heterocycles. The van der Waals surface area contributed by atoms with Crippen molar-refractivity contribution in [3.05, 3.63) is 70.6 Å². The highest BCUT2D eigenvalue weighted by molar-refractivity contribution is 5.80. The molecule has 3 N–H and O–H groups in total. The maximum Gasteiger partial charge on any atom is 0.326 e. The van der Waals surface area contributed by atoms with E-state index in [9.17, 15) is 9.59 Å². The lowest BCUT2D eigenvalue weighted by molar-refractivity contribution is -0.130. The van der Waals surface area contributed by atoms with Crippen LogP contribution in [0.25, 0.3) is 11.0 Å². The van der Waals surface area contributed by atoms with Crippen molar-refractivity contribution >= 4 is 16.9 Å². The minimum atomic E-state index is -0.256. The predicted molar refractivity (Wildman–Crippen MR) is 101 cm³/mol. The summed E-state index contributed by atoms with van der Waals surface area (Å²) in [6, 6.07) is 17.6. The van der Waals surface area contributed by atoms with Crippen LogP contribution in [-0.4, -0.2) is 40.0 Å². The molecule has 1 aromatic heterocycles. The van der Waals surface area contributed by atoms with Crippen molar-refractivity contribution in [2.45, 2.75) is 12.5 Å². The predicted octanol–water partition coefficient (Wildman–Crippen LogP) is 1.53. The van der Waals surface area contributed by atoms with Crippen LogP contribution in [0.5, 0.6) is 0 Å². The molecule has 1 fully saturated rings. The van der Waals surface area contributed by atoms with E-state index in [4.69, 9.17) is 5.73 Å². The highest BCUT2D eigenvalue weighted by Crippen LogP contribution is 2.32. The van der Waals surface area contributed by atoms with Crippen LogP contribution in [0.2, 0.25) is 0 Å². The fraction of sp³-hybridized carbons (Fsp3) is 0.300. The van der Waals surface area contributed by atoms with E-state index in [1.54, 1.807) is 0 Å². The molecule has 1 aliphatic rings. The van der Waals surface area contributed by atoms with Crippen LogP contribution < -0.4 is 11.4 Å². The number of H-pyrrole nitrogens is 1. The van der Waals surface area contributed by atoms with E-state index in [2.05, 4.69) is 17.1 Å². The van der Waals surface area contributed by atoms with Crippen molar-refractivity contribution in [1.29, 1.82) is 0 Å². The molecule has 2 heterocycles. The molecule has 1 amide bonds. The second kappa shape index (κ2) is 6.80. The molecular formula is C20H22N4O2. The first-order valence-electron chi connectivity index (χ1n) is 8.87. The Morgan fingerprint density at radius 2 is 1.81 bits per heavy atom. The molecule has 26 heavy (non-hydrogen) atoms. The van der Waals surface area contributed by atoms with Gasteiger partial charge in [-0.2, -0.15) is 0 Å². The Kier molecular flexibility index (Phi) is 4.34. The van der Waals surface area contributed by atoms with Crippen LogP contribution in [0.3, 0.4) is 0 Å². The van der Waals surface area contributed by atoms with Crippen molar-refractivity contribution in [3.8, 4) is 0 Å². The summed E-state index contributed by atoms with van der Waals surface area (Å²) < 4.78 is 1.50. The summed E-state index contributed by atoms with van der Waals surface area (Å²) in [6.07, 6.45) is 0. The van der Waals surface area contributed by atoms with E-state index in [-0.39, 0.29) is 30.0 Å². The monoisotopic (exact) mass is 350 g/mol. The number of imidazole rings is 1. The van der Waals surface area contributed by atoms with Gasteiger partial charge >= 0.3 is 5.69 Å². The van der Waals surface area contributed by atoms with Crippen molar-refractivity contribution in [1.82, 2.24) is 14.5 Å². The first-order valence-corrected chi connectivity index (χ1v) is 8.87. The fourth-order valence-corrected chi connectivity index (χ4v) is 3.89. The van der Waals surface area contributed by atoms with E-state index in [0.717, 1.165) is 11.0 Å². The lowest BCUT2D eigenvalue weighted by Crippen LogP contribution is -2.35. The number of hydrogen-bond donors (Lipinski definition) is 2. The van der Waals surface area contributed by atoms with Gasteiger partial charge in [-0.05, 0) is 30.2 Å². The number of nitrogens with one attached hydrogen (secondary N) is 1. The smallest absolute Gasteiger partial charge is 0.326 e. The van der Waals surface area contributed by atoms with Gasteiger partial charge < -0.3 is 15.6 Å². The molecule has 0 spiro atoms. The number of fused-ring (bicyclic) bond motifs is 1. The number of hydrogen-bond acceptors (Lipinski definition) is 3. The van der Waals surface area contributed by atoms with Gasteiger partial charge in [0, 0.05) is 19.0 Å². The van der Waals surface area contributed by atoms with E-state index in [0.29, 0.717) is 19.6 Å². The van der Waals surface area contributed by atoms with Gasteiger partial charge in [-0.25, -0.2) is 4.79 Å². The zero-order chi connectivity index (χ0) is 18.1. The number of carbonyl (C=O) groups excluding carboxylic acids is 1. The number of nitrogens with zero attached hydrogens (tertiary/aromatic N) is 2. The molecule has 2 aromatic carbocycles.